The summed E-state index contributed by atoms with van der Waals surface area (Å²) in [6.07, 6.45) is 1.96. The van der Waals surface area contributed by atoms with Crippen LogP contribution >= 0.6 is 0 Å². The number of phenolic OH excluding ortho intramolecular Hbond substituents is 1. The van der Waals surface area contributed by atoms with Gasteiger partial charge in [-0.3, -0.25) is 15.2 Å². The number of rotatable bonds is 3. The van der Waals surface area contributed by atoms with Gasteiger partial charge < -0.3 is 5.11 Å². The van der Waals surface area contributed by atoms with Crippen molar-refractivity contribution < 1.29 is 10.0 Å². The number of phenols is 1. The van der Waals surface area contributed by atoms with E-state index >= 15 is 0 Å². The number of para-hydroxylation sites is 1. The van der Waals surface area contributed by atoms with E-state index < -0.39 is 4.92 Å². The molecule has 0 atom stereocenters. The van der Waals surface area contributed by atoms with Gasteiger partial charge in [-0.05, 0) is 12.1 Å². The molecule has 0 amide bonds. The summed E-state index contributed by atoms with van der Waals surface area (Å²) in [5.41, 5.74) is 0.872. The van der Waals surface area contributed by atoms with Crippen LogP contribution in [0.3, 0.4) is 0 Å². The molecule has 0 fully saturated rings. The van der Waals surface area contributed by atoms with Crippen LogP contribution in [0.2, 0.25) is 0 Å². The van der Waals surface area contributed by atoms with Crippen molar-refractivity contribution in [3.63, 3.8) is 0 Å². The molecule has 0 aliphatic carbocycles. The normalized spacial score (nSPS) is 10.2. The molecule has 1 aromatic carbocycles. The number of aromatic hydroxyl groups is 1. The summed E-state index contributed by atoms with van der Waals surface area (Å²) in [5.74, 6) is -0.321. The van der Waals surface area contributed by atoms with Gasteiger partial charge in [0.1, 0.15) is 0 Å². The van der Waals surface area contributed by atoms with Crippen LogP contribution in [0, 0.1) is 10.1 Å². The zero-order valence-electron chi connectivity index (χ0n) is 8.25. The molecule has 6 nitrogen and oxygen atoms in total. The van der Waals surface area contributed by atoms with Crippen LogP contribution in [0.1, 0.15) is 11.3 Å². The standard InChI is InChI=1S/C10H9N3O3/c14-9-3-1-2-7(10(9)13(15)16)6-8-4-5-11-12-8/h1-5,14H,6H2,(H,11,12). The Kier molecular flexibility index (Phi) is 2.55. The Morgan fingerprint density at radius 3 is 2.88 bits per heavy atom. The molecule has 0 aliphatic heterocycles. The maximum atomic E-state index is 10.8. The van der Waals surface area contributed by atoms with Crippen LogP contribution in [0.25, 0.3) is 0 Å². The number of aromatic nitrogens is 2. The quantitative estimate of drug-likeness (QED) is 0.606. The molecule has 2 aromatic rings. The van der Waals surface area contributed by atoms with Gasteiger partial charge in [0.15, 0.2) is 5.75 Å². The molecule has 0 bridgehead atoms. The maximum Gasteiger partial charge on any atom is 0.314 e. The SMILES string of the molecule is O=[N+]([O-])c1c(O)cccc1Cc1cc[nH]n1. The number of nitro benzene ring substituents is 1. The van der Waals surface area contributed by atoms with Crippen LogP contribution in [0.15, 0.2) is 30.5 Å². The number of H-pyrrole nitrogens is 1. The average Bonchev–Trinajstić information content (AvgIpc) is 2.70. The van der Waals surface area contributed by atoms with Crippen molar-refractivity contribution in [2.24, 2.45) is 0 Å². The lowest BCUT2D eigenvalue weighted by Crippen LogP contribution is -1.97. The fourth-order valence-corrected chi connectivity index (χ4v) is 1.52. The van der Waals surface area contributed by atoms with Crippen molar-refractivity contribution >= 4 is 5.69 Å². The van der Waals surface area contributed by atoms with Crippen molar-refractivity contribution in [2.45, 2.75) is 6.42 Å². The Morgan fingerprint density at radius 1 is 1.44 bits per heavy atom. The minimum atomic E-state index is -0.586. The number of aromatic amines is 1. The molecule has 0 saturated heterocycles. The first-order valence-corrected chi connectivity index (χ1v) is 4.62. The fourth-order valence-electron chi connectivity index (χ4n) is 1.52. The van der Waals surface area contributed by atoms with Crippen LogP contribution in [0.5, 0.6) is 5.75 Å². The molecule has 1 heterocycles. The van der Waals surface area contributed by atoms with Gasteiger partial charge >= 0.3 is 5.69 Å². The van der Waals surface area contributed by atoms with E-state index in [1.807, 2.05) is 0 Å². The third-order valence-electron chi connectivity index (χ3n) is 2.21. The molecule has 0 spiro atoms. The summed E-state index contributed by atoms with van der Waals surface area (Å²) in [7, 11) is 0. The molecule has 0 unspecified atom stereocenters. The van der Waals surface area contributed by atoms with E-state index in [1.165, 1.54) is 6.07 Å². The zero-order valence-corrected chi connectivity index (χ0v) is 8.25. The van der Waals surface area contributed by atoms with E-state index in [2.05, 4.69) is 10.2 Å². The molecule has 0 aliphatic rings. The maximum absolute atomic E-state index is 10.8. The third kappa shape index (κ3) is 1.85. The number of nitrogens with one attached hydrogen (secondary N) is 1. The van der Waals surface area contributed by atoms with E-state index in [9.17, 15) is 15.2 Å². The summed E-state index contributed by atoms with van der Waals surface area (Å²) >= 11 is 0. The van der Waals surface area contributed by atoms with Crippen molar-refractivity contribution in [1.29, 1.82) is 0 Å². The molecule has 16 heavy (non-hydrogen) atoms. The Bertz CT molecular complexity index is 508. The Hall–Kier alpha value is -2.37. The summed E-state index contributed by atoms with van der Waals surface area (Å²) in [4.78, 5) is 10.2. The van der Waals surface area contributed by atoms with E-state index in [4.69, 9.17) is 0 Å². The van der Waals surface area contributed by atoms with Crippen LogP contribution in [-0.2, 0) is 6.42 Å². The van der Waals surface area contributed by atoms with Crippen molar-refractivity contribution in [1.82, 2.24) is 10.2 Å². The number of nitrogens with zero attached hydrogens (tertiary/aromatic N) is 2. The van der Waals surface area contributed by atoms with Gasteiger partial charge in [0.2, 0.25) is 0 Å². The third-order valence-corrected chi connectivity index (χ3v) is 2.21. The molecule has 6 heteroatoms. The van der Waals surface area contributed by atoms with Gasteiger partial charge in [-0.2, -0.15) is 5.10 Å². The molecular weight excluding hydrogens is 210 g/mol. The first-order chi connectivity index (χ1) is 7.68. The Labute approximate surface area is 90.7 Å². The fraction of sp³-hybridized carbons (Fsp3) is 0.100. The van der Waals surface area contributed by atoms with Gasteiger partial charge in [-0.15, -0.1) is 0 Å². The van der Waals surface area contributed by atoms with Gasteiger partial charge in [0.25, 0.3) is 0 Å². The Balaban J connectivity index is 2.40. The zero-order chi connectivity index (χ0) is 11.5. The number of benzene rings is 1. The van der Waals surface area contributed by atoms with Crippen molar-refractivity contribution in [2.75, 3.05) is 0 Å². The van der Waals surface area contributed by atoms with E-state index in [0.717, 1.165) is 0 Å². The number of hydrogen-bond donors (Lipinski definition) is 2. The lowest BCUT2D eigenvalue weighted by molar-refractivity contribution is -0.386. The summed E-state index contributed by atoms with van der Waals surface area (Å²) in [5, 5.41) is 26.8. The predicted octanol–water partition coefficient (Wildman–Crippen LogP) is 1.61. The van der Waals surface area contributed by atoms with Crippen LogP contribution in [-0.4, -0.2) is 20.2 Å². The number of nitro groups is 1. The first kappa shape index (κ1) is 10.2. The minimum Gasteiger partial charge on any atom is -0.502 e. The second kappa shape index (κ2) is 4.01. The molecule has 2 rings (SSSR count). The van der Waals surface area contributed by atoms with E-state index in [-0.39, 0.29) is 11.4 Å². The molecular formula is C10H9N3O3. The highest BCUT2D eigenvalue weighted by Gasteiger charge is 2.19. The van der Waals surface area contributed by atoms with Crippen molar-refractivity contribution in [3.05, 3.63) is 51.8 Å². The number of hydrogen-bond acceptors (Lipinski definition) is 4. The molecule has 0 saturated carbocycles. The molecule has 82 valence electrons. The van der Waals surface area contributed by atoms with E-state index in [1.54, 1.807) is 24.4 Å². The summed E-state index contributed by atoms with van der Waals surface area (Å²) < 4.78 is 0. The second-order valence-electron chi connectivity index (χ2n) is 3.28. The van der Waals surface area contributed by atoms with Gasteiger partial charge in [0.05, 0.1) is 10.6 Å². The average molecular weight is 219 g/mol. The van der Waals surface area contributed by atoms with Crippen molar-refractivity contribution in [3.8, 4) is 5.75 Å². The predicted molar refractivity (Wildman–Crippen MR) is 56.2 cm³/mol. The van der Waals surface area contributed by atoms with Crippen LogP contribution < -0.4 is 0 Å². The molecule has 2 N–H and O–H groups in total. The highest BCUT2D eigenvalue weighted by atomic mass is 16.6. The minimum absolute atomic E-state index is 0.259. The van der Waals surface area contributed by atoms with Crippen LogP contribution in [0.4, 0.5) is 5.69 Å². The lowest BCUT2D eigenvalue weighted by atomic mass is 10.1. The lowest BCUT2D eigenvalue weighted by Gasteiger charge is -2.02. The summed E-state index contributed by atoms with van der Waals surface area (Å²) in [6, 6.07) is 6.21. The first-order valence-electron chi connectivity index (χ1n) is 4.62. The largest absolute Gasteiger partial charge is 0.502 e. The Morgan fingerprint density at radius 2 is 2.25 bits per heavy atom. The second-order valence-corrected chi connectivity index (χ2v) is 3.28. The van der Waals surface area contributed by atoms with E-state index in [0.29, 0.717) is 17.7 Å². The molecule has 0 radical (unpaired) electrons. The summed E-state index contributed by atoms with van der Waals surface area (Å²) in [6.45, 7) is 0. The smallest absolute Gasteiger partial charge is 0.314 e. The van der Waals surface area contributed by atoms with Gasteiger partial charge in [-0.25, -0.2) is 0 Å². The monoisotopic (exact) mass is 219 g/mol. The highest BCUT2D eigenvalue weighted by Crippen LogP contribution is 2.30. The highest BCUT2D eigenvalue weighted by molar-refractivity contribution is 5.52. The topological polar surface area (TPSA) is 92.0 Å². The van der Waals surface area contributed by atoms with Gasteiger partial charge in [-0.1, -0.05) is 12.1 Å². The molecule has 1 aromatic heterocycles. The van der Waals surface area contributed by atoms with Gasteiger partial charge in [0, 0.05) is 18.2 Å².